The molecule has 1 aromatic heterocycles. The minimum absolute atomic E-state index is 0.00214. The minimum atomic E-state index is -0.976. The summed E-state index contributed by atoms with van der Waals surface area (Å²) in [6.45, 7) is 0.193. The SMILES string of the molecule is Cn1ccnc1C1(O)C[C@H]2CC[C@@H](C1)N2C(=O)c1ccc2c(c1)OCO2. The van der Waals surface area contributed by atoms with Gasteiger partial charge in [-0.15, -0.1) is 0 Å². The number of fused-ring (bicyclic) bond motifs is 3. The lowest BCUT2D eigenvalue weighted by Gasteiger charge is -2.43. The molecule has 4 heterocycles. The van der Waals surface area contributed by atoms with Crippen molar-refractivity contribution in [3.63, 3.8) is 0 Å². The van der Waals surface area contributed by atoms with Crippen LogP contribution in [0.1, 0.15) is 41.9 Å². The van der Waals surface area contributed by atoms with E-state index in [0.29, 0.717) is 35.7 Å². The van der Waals surface area contributed by atoms with Crippen LogP contribution in [0.2, 0.25) is 0 Å². The molecule has 0 radical (unpaired) electrons. The number of carbonyl (C=O) groups excluding carboxylic acids is 1. The van der Waals surface area contributed by atoms with Gasteiger partial charge < -0.3 is 24.0 Å². The molecule has 2 saturated heterocycles. The molecule has 136 valence electrons. The number of imidazole rings is 1. The quantitative estimate of drug-likeness (QED) is 0.889. The van der Waals surface area contributed by atoms with E-state index in [9.17, 15) is 9.90 Å². The Kier molecular flexibility index (Phi) is 3.31. The molecule has 5 rings (SSSR count). The van der Waals surface area contributed by atoms with Crippen LogP contribution in [0.15, 0.2) is 30.6 Å². The van der Waals surface area contributed by atoms with E-state index in [1.54, 1.807) is 24.4 Å². The molecule has 1 amide bonds. The Hall–Kier alpha value is -2.54. The van der Waals surface area contributed by atoms with E-state index in [4.69, 9.17) is 9.47 Å². The van der Waals surface area contributed by atoms with Crippen LogP contribution in [0.5, 0.6) is 11.5 Å². The fourth-order valence-corrected chi connectivity index (χ4v) is 4.73. The third-order valence-electron chi connectivity index (χ3n) is 5.86. The first-order valence-electron chi connectivity index (χ1n) is 8.98. The highest BCUT2D eigenvalue weighted by atomic mass is 16.7. The predicted molar refractivity (Wildman–Crippen MR) is 91.9 cm³/mol. The van der Waals surface area contributed by atoms with E-state index in [1.807, 2.05) is 22.7 Å². The number of ether oxygens (including phenoxy) is 2. The molecule has 2 bridgehead atoms. The first-order chi connectivity index (χ1) is 12.5. The lowest BCUT2D eigenvalue weighted by Crippen LogP contribution is -2.52. The molecule has 0 saturated carbocycles. The summed E-state index contributed by atoms with van der Waals surface area (Å²) in [5.41, 5.74) is -0.371. The molecule has 1 N–H and O–H groups in total. The van der Waals surface area contributed by atoms with Gasteiger partial charge in [-0.3, -0.25) is 4.79 Å². The van der Waals surface area contributed by atoms with Crippen molar-refractivity contribution < 1.29 is 19.4 Å². The Labute approximate surface area is 151 Å². The topological polar surface area (TPSA) is 76.8 Å². The van der Waals surface area contributed by atoms with Crippen LogP contribution in [0.25, 0.3) is 0 Å². The van der Waals surface area contributed by atoms with Crippen molar-refractivity contribution in [1.29, 1.82) is 0 Å². The third kappa shape index (κ3) is 2.23. The standard InChI is InChI=1S/C19H21N3O4/c1-21-7-6-20-18(21)19(24)9-13-3-4-14(10-19)22(13)17(23)12-2-5-15-16(8-12)26-11-25-15/h2,5-8,13-14,24H,3-4,9-11H2,1H3/t13-,14+,19?. The van der Waals surface area contributed by atoms with Crippen LogP contribution >= 0.6 is 0 Å². The summed E-state index contributed by atoms with van der Waals surface area (Å²) in [7, 11) is 1.90. The van der Waals surface area contributed by atoms with Crippen LogP contribution < -0.4 is 9.47 Å². The van der Waals surface area contributed by atoms with Gasteiger partial charge in [0.05, 0.1) is 0 Å². The lowest BCUT2D eigenvalue weighted by molar-refractivity contribution is -0.0555. The van der Waals surface area contributed by atoms with E-state index in [2.05, 4.69) is 4.98 Å². The predicted octanol–water partition coefficient (Wildman–Crippen LogP) is 1.80. The lowest BCUT2D eigenvalue weighted by atomic mass is 9.85. The van der Waals surface area contributed by atoms with Gasteiger partial charge in [0.25, 0.3) is 5.91 Å². The Balaban J connectivity index is 1.42. The van der Waals surface area contributed by atoms with E-state index < -0.39 is 5.60 Å². The molecule has 2 aromatic rings. The van der Waals surface area contributed by atoms with E-state index in [-0.39, 0.29) is 24.8 Å². The highest BCUT2D eigenvalue weighted by molar-refractivity contribution is 5.95. The Bertz CT molecular complexity index is 863. The van der Waals surface area contributed by atoms with Gasteiger partial charge in [-0.05, 0) is 31.0 Å². The van der Waals surface area contributed by atoms with Crippen LogP contribution in [0.4, 0.5) is 0 Å². The summed E-state index contributed by atoms with van der Waals surface area (Å²) in [6, 6.07) is 5.37. The monoisotopic (exact) mass is 355 g/mol. The maximum Gasteiger partial charge on any atom is 0.254 e. The summed E-state index contributed by atoms with van der Waals surface area (Å²) in [5, 5.41) is 11.2. The van der Waals surface area contributed by atoms with Crippen molar-refractivity contribution in [2.24, 2.45) is 7.05 Å². The van der Waals surface area contributed by atoms with Crippen molar-refractivity contribution in [1.82, 2.24) is 14.5 Å². The number of aliphatic hydroxyl groups is 1. The molecule has 3 aliphatic rings. The molecule has 2 fully saturated rings. The number of aryl methyl sites for hydroxylation is 1. The number of hydrogen-bond donors (Lipinski definition) is 1. The molecule has 3 atom stereocenters. The minimum Gasteiger partial charge on any atom is -0.454 e. The largest absolute Gasteiger partial charge is 0.454 e. The Morgan fingerprint density at radius 1 is 1.23 bits per heavy atom. The van der Waals surface area contributed by atoms with E-state index in [1.165, 1.54) is 0 Å². The Morgan fingerprint density at radius 2 is 1.96 bits per heavy atom. The number of aromatic nitrogens is 2. The zero-order valence-corrected chi connectivity index (χ0v) is 14.6. The van der Waals surface area contributed by atoms with E-state index >= 15 is 0 Å². The normalized spacial score (nSPS) is 29.2. The van der Waals surface area contributed by atoms with Crippen molar-refractivity contribution in [3.8, 4) is 11.5 Å². The molecule has 26 heavy (non-hydrogen) atoms. The number of piperidine rings is 1. The van der Waals surface area contributed by atoms with Crippen molar-refractivity contribution in [3.05, 3.63) is 42.0 Å². The molecule has 0 spiro atoms. The molecule has 0 aliphatic carbocycles. The highest BCUT2D eigenvalue weighted by Gasteiger charge is 2.51. The number of rotatable bonds is 2. The van der Waals surface area contributed by atoms with Gasteiger partial charge in [-0.1, -0.05) is 0 Å². The van der Waals surface area contributed by atoms with Gasteiger partial charge in [0.1, 0.15) is 11.4 Å². The van der Waals surface area contributed by atoms with Crippen LogP contribution in [-0.4, -0.2) is 44.3 Å². The van der Waals surface area contributed by atoms with Gasteiger partial charge in [0.15, 0.2) is 11.5 Å². The van der Waals surface area contributed by atoms with Crippen LogP contribution in [0, 0.1) is 0 Å². The molecule has 1 unspecified atom stereocenters. The van der Waals surface area contributed by atoms with Gasteiger partial charge in [0, 0.05) is 49.9 Å². The van der Waals surface area contributed by atoms with Gasteiger partial charge in [0.2, 0.25) is 6.79 Å². The molecule has 7 heteroatoms. The maximum atomic E-state index is 13.2. The average molecular weight is 355 g/mol. The summed E-state index contributed by atoms with van der Waals surface area (Å²) in [6.07, 6.45) is 6.41. The molecule has 1 aromatic carbocycles. The number of nitrogens with zero attached hydrogens (tertiary/aromatic N) is 3. The average Bonchev–Trinajstić information content (AvgIpc) is 3.32. The van der Waals surface area contributed by atoms with Gasteiger partial charge in [-0.25, -0.2) is 4.98 Å². The van der Waals surface area contributed by atoms with Crippen molar-refractivity contribution >= 4 is 5.91 Å². The maximum absolute atomic E-state index is 13.2. The second-order valence-corrected chi connectivity index (χ2v) is 7.47. The van der Waals surface area contributed by atoms with Gasteiger partial charge >= 0.3 is 0 Å². The first kappa shape index (κ1) is 15.7. The van der Waals surface area contributed by atoms with Crippen molar-refractivity contribution in [2.45, 2.75) is 43.4 Å². The molecule has 7 nitrogen and oxygen atoms in total. The van der Waals surface area contributed by atoms with E-state index in [0.717, 1.165) is 12.8 Å². The second kappa shape index (κ2) is 5.48. The summed E-state index contributed by atoms with van der Waals surface area (Å²) >= 11 is 0. The first-order valence-corrected chi connectivity index (χ1v) is 8.98. The summed E-state index contributed by atoms with van der Waals surface area (Å²) in [5.74, 6) is 1.97. The molecular weight excluding hydrogens is 334 g/mol. The molecule has 3 aliphatic heterocycles. The fraction of sp³-hybridized carbons (Fsp3) is 0.474. The third-order valence-corrected chi connectivity index (χ3v) is 5.86. The zero-order chi connectivity index (χ0) is 17.9. The number of amides is 1. The van der Waals surface area contributed by atoms with Gasteiger partial charge in [-0.2, -0.15) is 0 Å². The zero-order valence-electron chi connectivity index (χ0n) is 14.6. The number of carbonyl (C=O) groups is 1. The number of hydrogen-bond acceptors (Lipinski definition) is 5. The number of benzene rings is 1. The summed E-state index contributed by atoms with van der Waals surface area (Å²) < 4.78 is 12.6. The second-order valence-electron chi connectivity index (χ2n) is 7.47. The highest BCUT2D eigenvalue weighted by Crippen LogP contribution is 2.46. The molecular formula is C19H21N3O4. The smallest absolute Gasteiger partial charge is 0.254 e. The van der Waals surface area contributed by atoms with Crippen LogP contribution in [0.3, 0.4) is 0 Å². The summed E-state index contributed by atoms with van der Waals surface area (Å²) in [4.78, 5) is 19.5. The van der Waals surface area contributed by atoms with Crippen LogP contribution in [-0.2, 0) is 12.6 Å². The Morgan fingerprint density at radius 3 is 2.65 bits per heavy atom. The fourth-order valence-electron chi connectivity index (χ4n) is 4.73. The van der Waals surface area contributed by atoms with Crippen molar-refractivity contribution in [2.75, 3.05) is 6.79 Å².